The minimum absolute atomic E-state index is 0. The molecule has 0 unspecified atom stereocenters. The molecule has 22 heteroatoms. The Labute approximate surface area is 369 Å². The highest BCUT2D eigenvalue weighted by Crippen LogP contribution is 2.08. The van der Waals surface area contributed by atoms with Gasteiger partial charge in [0.25, 0.3) is 0 Å². The van der Waals surface area contributed by atoms with Crippen molar-refractivity contribution in [2.45, 2.75) is 91.3 Å². The lowest BCUT2D eigenvalue weighted by Crippen LogP contribution is -2.44. The van der Waals surface area contributed by atoms with Gasteiger partial charge >= 0.3 is 36.1 Å². The van der Waals surface area contributed by atoms with Gasteiger partial charge in [-0.3, -0.25) is 28.8 Å². The van der Waals surface area contributed by atoms with E-state index in [-0.39, 0.29) is 114 Å². The molecule has 0 heterocycles. The monoisotopic (exact) mass is 905 g/mol. The second-order valence-corrected chi connectivity index (χ2v) is 13.9. The fraction of sp³-hybridized carbons (Fsp3) is 0.737. The normalized spacial score (nSPS) is 10.2. The number of rotatable bonds is 24. The smallest absolute Gasteiger partial charge is 0.407 e. The third-order valence-electron chi connectivity index (χ3n) is 6.93. The van der Waals surface area contributed by atoms with Crippen LogP contribution >= 0.6 is 24.8 Å². The summed E-state index contributed by atoms with van der Waals surface area (Å²) in [6.07, 6.45) is 4.89. The van der Waals surface area contributed by atoms with Crippen LogP contribution in [0.4, 0.5) is 9.59 Å². The third kappa shape index (κ3) is 41.6. The summed E-state index contributed by atoms with van der Waals surface area (Å²) >= 11 is 0. The predicted molar refractivity (Wildman–Crippen MR) is 228 cm³/mol. The van der Waals surface area contributed by atoms with Crippen LogP contribution in [0.2, 0.25) is 0 Å². The molecule has 0 bridgehead atoms. The first-order valence-corrected chi connectivity index (χ1v) is 18.6. The number of methoxy groups -OCH3 is 4. The van der Waals surface area contributed by atoms with Gasteiger partial charge in [0.05, 0.1) is 54.1 Å². The van der Waals surface area contributed by atoms with Gasteiger partial charge in [-0.05, 0) is 41.5 Å². The Balaban J connectivity index is -0.000000415. The first-order chi connectivity index (χ1) is 27.6. The number of alkyl carbamates (subject to hydrolysis) is 2. The van der Waals surface area contributed by atoms with Crippen LogP contribution in [0.3, 0.4) is 0 Å². The van der Waals surface area contributed by atoms with Crippen molar-refractivity contribution in [3.8, 4) is 12.8 Å². The van der Waals surface area contributed by atoms with E-state index in [2.05, 4.69) is 46.6 Å². The standard InChI is InChI=1S/C26H46N4O10.C10H20N2O4.C2H2.2ClH/c1-25(2,3)39-23(35)27-13-9-19(31)29(15-11-21(33)37-7)17-18-30(16-12-22(34)38-8)20(32)10-14-28-24(36)40-26(4,5)6;1-15-9(13)3-5-11-7-8-12-6-4-10(14)16-2;1-2;;/h9-18H2,1-8H3,(H,27,35)(H,28,36);11-12H,3-8H2,1-2H3;1-2H;2*1H/i;;1D;;. The molecule has 0 aliphatic carbocycles. The molecule has 0 fully saturated rings. The van der Waals surface area contributed by atoms with Gasteiger partial charge in [0.2, 0.25) is 11.8 Å². The Morgan fingerprint density at radius 2 is 0.767 bits per heavy atom. The summed E-state index contributed by atoms with van der Waals surface area (Å²) in [5.41, 5.74) is -1.38. The fourth-order valence-electron chi connectivity index (χ4n) is 4.12. The lowest BCUT2D eigenvalue weighted by molar-refractivity contribution is -0.144. The van der Waals surface area contributed by atoms with Gasteiger partial charge in [-0.25, -0.2) is 9.59 Å². The summed E-state index contributed by atoms with van der Waals surface area (Å²) in [6.45, 7) is 13.2. The van der Waals surface area contributed by atoms with Crippen LogP contribution in [0.1, 0.15) is 81.4 Å². The van der Waals surface area contributed by atoms with Crippen LogP contribution < -0.4 is 21.3 Å². The molecular formula is C38H70Cl2N6O14. The summed E-state index contributed by atoms with van der Waals surface area (Å²) in [4.78, 5) is 97.2. The molecule has 350 valence electrons. The Hall–Kier alpha value is -4.58. The number of ether oxygens (including phenoxy) is 6. The van der Waals surface area contributed by atoms with E-state index in [0.717, 1.165) is 13.1 Å². The molecule has 60 heavy (non-hydrogen) atoms. The van der Waals surface area contributed by atoms with Gasteiger partial charge < -0.3 is 59.5 Å². The van der Waals surface area contributed by atoms with E-state index >= 15 is 0 Å². The molecule has 0 saturated heterocycles. The summed E-state index contributed by atoms with van der Waals surface area (Å²) in [5.74, 6) is -2.20. The molecule has 20 nitrogen and oxygen atoms in total. The predicted octanol–water partition coefficient (Wildman–Crippen LogP) is 1.98. The van der Waals surface area contributed by atoms with Crippen LogP contribution in [0.5, 0.6) is 0 Å². The molecule has 0 aliphatic rings. The maximum atomic E-state index is 12.9. The van der Waals surface area contributed by atoms with E-state index in [4.69, 9.17) is 10.8 Å². The number of nitrogens with one attached hydrogen (secondary N) is 4. The van der Waals surface area contributed by atoms with Crippen LogP contribution in [0.15, 0.2) is 0 Å². The summed E-state index contributed by atoms with van der Waals surface area (Å²) in [7, 11) is 5.21. The van der Waals surface area contributed by atoms with E-state index in [0.29, 0.717) is 25.9 Å². The van der Waals surface area contributed by atoms with Crippen molar-refractivity contribution in [3.63, 3.8) is 0 Å². The summed E-state index contributed by atoms with van der Waals surface area (Å²) < 4.78 is 34.3. The van der Waals surface area contributed by atoms with Crippen molar-refractivity contribution in [1.82, 2.24) is 31.1 Å². The molecule has 0 radical (unpaired) electrons. The maximum absolute atomic E-state index is 12.9. The maximum Gasteiger partial charge on any atom is 0.407 e. The highest BCUT2D eigenvalue weighted by molar-refractivity contribution is 5.85. The Bertz CT molecular complexity index is 1240. The number of amides is 4. The van der Waals surface area contributed by atoms with E-state index < -0.39 is 35.3 Å². The van der Waals surface area contributed by atoms with Gasteiger partial charge in [-0.15, -0.1) is 37.6 Å². The SMILES string of the molecule is COC(=O)CCN(CCN(CCC(=O)OC)C(=O)CCNC(=O)OC(C)(C)C)C(=O)CCNC(=O)OC(C)(C)C.COC(=O)CCNCCNCCC(=O)OC.Cl.Cl.[2H]C#C. The second kappa shape index (κ2) is 38.6. The second-order valence-electron chi connectivity index (χ2n) is 13.9. The molecule has 4 N–H and O–H groups in total. The Morgan fingerprint density at radius 3 is 1.03 bits per heavy atom. The molecular weight excluding hydrogens is 835 g/mol. The van der Waals surface area contributed by atoms with Gasteiger partial charge in [0, 0.05) is 78.3 Å². The Kier molecular flexibility index (Phi) is 39.9. The highest BCUT2D eigenvalue weighted by Gasteiger charge is 2.22. The van der Waals surface area contributed by atoms with E-state index in [9.17, 15) is 38.4 Å². The molecule has 0 spiro atoms. The molecule has 0 aromatic carbocycles. The number of hydrogen-bond acceptors (Lipinski definition) is 16. The van der Waals surface area contributed by atoms with E-state index in [1.54, 1.807) is 41.5 Å². The zero-order chi connectivity index (χ0) is 45.9. The minimum Gasteiger partial charge on any atom is -0.469 e. The van der Waals surface area contributed by atoms with Gasteiger partial charge in [-0.1, -0.05) is 0 Å². The number of hydrogen-bond donors (Lipinski definition) is 4. The molecule has 0 atom stereocenters. The van der Waals surface area contributed by atoms with Crippen LogP contribution in [-0.2, 0) is 57.2 Å². The number of nitrogens with zero attached hydrogens (tertiary/aromatic N) is 2. The molecule has 0 rings (SSSR count). The first kappa shape index (κ1) is 62.1. The van der Waals surface area contributed by atoms with Gasteiger partial charge in [0.1, 0.15) is 12.6 Å². The van der Waals surface area contributed by atoms with E-state index in [1.165, 1.54) is 44.6 Å². The van der Waals surface area contributed by atoms with Crippen molar-refractivity contribution >= 4 is 72.7 Å². The van der Waals surface area contributed by atoms with Crippen LogP contribution in [0, 0.1) is 12.8 Å². The Morgan fingerprint density at radius 1 is 0.483 bits per heavy atom. The van der Waals surface area contributed by atoms with Crippen molar-refractivity contribution in [3.05, 3.63) is 0 Å². The van der Waals surface area contributed by atoms with Gasteiger partial charge in [-0.2, -0.15) is 0 Å². The lowest BCUT2D eigenvalue weighted by atomic mass is 10.2. The third-order valence-corrected chi connectivity index (χ3v) is 6.93. The van der Waals surface area contributed by atoms with Crippen LogP contribution in [-0.4, -0.2) is 163 Å². The average Bonchev–Trinajstić information content (AvgIpc) is 3.15. The summed E-state index contributed by atoms with van der Waals surface area (Å²) in [6, 6.07) is 0. The lowest BCUT2D eigenvalue weighted by Gasteiger charge is -2.28. The van der Waals surface area contributed by atoms with Gasteiger partial charge in [0.15, 0.2) is 0 Å². The molecule has 0 aromatic heterocycles. The fourth-order valence-corrected chi connectivity index (χ4v) is 4.12. The highest BCUT2D eigenvalue weighted by atomic mass is 35.5. The number of carbonyl (C=O) groups is 8. The quantitative estimate of drug-likeness (QED) is 0.0468. The molecule has 0 aromatic rings. The number of terminal acetylenes is 1. The minimum atomic E-state index is -0.691. The zero-order valence-corrected chi connectivity index (χ0v) is 38.5. The number of carbonyl (C=O) groups excluding carboxylic acids is 8. The first-order valence-electron chi connectivity index (χ1n) is 19.1. The van der Waals surface area contributed by atoms with Crippen molar-refractivity contribution in [2.75, 3.05) is 93.9 Å². The molecule has 4 amide bonds. The average molecular weight is 907 g/mol. The largest absolute Gasteiger partial charge is 0.469 e. The molecule has 0 aliphatic heterocycles. The summed E-state index contributed by atoms with van der Waals surface area (Å²) in [5, 5.41) is 11.2. The van der Waals surface area contributed by atoms with Crippen LogP contribution in [0.25, 0.3) is 0 Å². The van der Waals surface area contributed by atoms with E-state index in [1.807, 2.05) is 0 Å². The van der Waals surface area contributed by atoms with Crippen molar-refractivity contribution in [1.29, 1.82) is 0 Å². The number of esters is 4. The topological polar surface area (TPSA) is 247 Å². The number of halogens is 2. The van der Waals surface area contributed by atoms with Crippen molar-refractivity contribution < 1.29 is 68.1 Å². The molecule has 0 saturated carbocycles. The zero-order valence-electron chi connectivity index (χ0n) is 37.8. The van der Waals surface area contributed by atoms with Crippen molar-refractivity contribution in [2.24, 2.45) is 0 Å².